The van der Waals surface area contributed by atoms with Crippen molar-refractivity contribution in [3.63, 3.8) is 0 Å². The quantitative estimate of drug-likeness (QED) is 0.685. The molecule has 3 rings (SSSR count). The van der Waals surface area contributed by atoms with Crippen molar-refractivity contribution in [1.29, 1.82) is 0 Å². The maximum absolute atomic E-state index is 12.0. The highest BCUT2D eigenvalue weighted by Crippen LogP contribution is 2.22. The van der Waals surface area contributed by atoms with Gasteiger partial charge in [-0.05, 0) is 56.3 Å². The molecule has 0 unspecified atom stereocenters. The van der Waals surface area contributed by atoms with Crippen LogP contribution in [0.4, 0.5) is 5.69 Å². The second kappa shape index (κ2) is 7.60. The number of carbonyl (C=O) groups excluding carboxylic acids is 2. The molecule has 0 radical (unpaired) electrons. The third-order valence-electron chi connectivity index (χ3n) is 3.55. The first-order valence-corrected chi connectivity index (χ1v) is 7.95. The van der Waals surface area contributed by atoms with E-state index in [1.54, 1.807) is 49.4 Å². The number of carbonyl (C=O) groups is 2. The number of hydrogen-bond acceptors (Lipinski definition) is 6. The van der Waals surface area contributed by atoms with Crippen LogP contribution in [0, 0.1) is 6.92 Å². The Labute approximate surface area is 150 Å². The Kier molecular flexibility index (Phi) is 5.07. The molecule has 0 fully saturated rings. The smallest absolute Gasteiger partial charge is 0.262 e. The Hall–Kier alpha value is -3.48. The first kappa shape index (κ1) is 17.3. The summed E-state index contributed by atoms with van der Waals surface area (Å²) in [5.74, 6) is 1.12. The fourth-order valence-corrected chi connectivity index (χ4v) is 2.27. The van der Waals surface area contributed by atoms with E-state index < -0.39 is 0 Å². The average molecular weight is 351 g/mol. The van der Waals surface area contributed by atoms with Gasteiger partial charge in [-0.3, -0.25) is 9.59 Å². The number of rotatable bonds is 6. The van der Waals surface area contributed by atoms with Crippen LogP contribution in [0.5, 0.6) is 5.75 Å². The van der Waals surface area contributed by atoms with E-state index in [1.807, 2.05) is 6.07 Å². The number of Topliss-reactive ketones (excluding diaryl/α,β-unsaturated/α-hetero) is 1. The maximum Gasteiger partial charge on any atom is 0.262 e. The van der Waals surface area contributed by atoms with E-state index in [0.29, 0.717) is 34.3 Å². The van der Waals surface area contributed by atoms with Crippen molar-refractivity contribution >= 4 is 17.4 Å². The van der Waals surface area contributed by atoms with Crippen molar-refractivity contribution in [2.24, 2.45) is 0 Å². The van der Waals surface area contributed by atoms with E-state index in [9.17, 15) is 9.59 Å². The number of anilines is 1. The number of nitrogens with zero attached hydrogens (tertiary/aromatic N) is 2. The standard InChI is InChI=1S/C19H17N3O4/c1-12(23)14-6-8-16(9-7-14)21-18(24)11-25-17-5-3-4-15(10-17)19-20-13(2)22-26-19/h3-10H,11H2,1-2H3,(H,21,24). The van der Waals surface area contributed by atoms with Crippen LogP contribution in [-0.2, 0) is 4.79 Å². The van der Waals surface area contributed by atoms with E-state index in [2.05, 4.69) is 15.5 Å². The lowest BCUT2D eigenvalue weighted by atomic mass is 10.1. The number of nitrogens with one attached hydrogen (secondary N) is 1. The number of aryl methyl sites for hydroxylation is 1. The topological polar surface area (TPSA) is 94.3 Å². The van der Waals surface area contributed by atoms with Crippen LogP contribution >= 0.6 is 0 Å². The normalized spacial score (nSPS) is 10.4. The van der Waals surface area contributed by atoms with Crippen LogP contribution in [0.2, 0.25) is 0 Å². The molecule has 1 aromatic heterocycles. The van der Waals surface area contributed by atoms with Crippen molar-refractivity contribution in [1.82, 2.24) is 10.1 Å². The first-order valence-electron chi connectivity index (χ1n) is 7.95. The fourth-order valence-electron chi connectivity index (χ4n) is 2.27. The van der Waals surface area contributed by atoms with Crippen molar-refractivity contribution in [3.8, 4) is 17.2 Å². The van der Waals surface area contributed by atoms with E-state index >= 15 is 0 Å². The predicted octanol–water partition coefficient (Wildman–Crippen LogP) is 3.27. The minimum Gasteiger partial charge on any atom is -0.484 e. The van der Waals surface area contributed by atoms with Crippen LogP contribution in [0.1, 0.15) is 23.1 Å². The minimum atomic E-state index is -0.306. The molecule has 7 heteroatoms. The maximum atomic E-state index is 12.0. The Bertz CT molecular complexity index is 932. The number of hydrogen-bond donors (Lipinski definition) is 1. The SMILES string of the molecule is CC(=O)c1ccc(NC(=O)COc2cccc(-c3nc(C)no3)c2)cc1. The summed E-state index contributed by atoms with van der Waals surface area (Å²) >= 11 is 0. The molecule has 0 saturated carbocycles. The average Bonchev–Trinajstić information content (AvgIpc) is 3.07. The van der Waals surface area contributed by atoms with Crippen LogP contribution in [-0.4, -0.2) is 28.4 Å². The zero-order chi connectivity index (χ0) is 18.5. The van der Waals surface area contributed by atoms with Gasteiger partial charge in [-0.25, -0.2) is 0 Å². The van der Waals surface area contributed by atoms with Crippen LogP contribution < -0.4 is 10.1 Å². The Balaban J connectivity index is 1.58. The zero-order valence-corrected chi connectivity index (χ0v) is 14.4. The minimum absolute atomic E-state index is 0.0254. The lowest BCUT2D eigenvalue weighted by Crippen LogP contribution is -2.20. The molecule has 132 valence electrons. The molecular formula is C19H17N3O4. The number of aromatic nitrogens is 2. The Morgan fingerprint density at radius 3 is 2.58 bits per heavy atom. The highest BCUT2D eigenvalue weighted by molar-refractivity contribution is 5.95. The summed E-state index contributed by atoms with van der Waals surface area (Å²) in [4.78, 5) is 27.4. The van der Waals surface area contributed by atoms with E-state index in [4.69, 9.17) is 9.26 Å². The summed E-state index contributed by atoms with van der Waals surface area (Å²) in [5.41, 5.74) is 1.90. The molecule has 1 N–H and O–H groups in total. The highest BCUT2D eigenvalue weighted by atomic mass is 16.5. The summed E-state index contributed by atoms with van der Waals surface area (Å²) in [6, 6.07) is 13.7. The second-order valence-electron chi connectivity index (χ2n) is 5.64. The van der Waals surface area contributed by atoms with Gasteiger partial charge in [0.1, 0.15) is 5.75 Å². The fraction of sp³-hybridized carbons (Fsp3) is 0.158. The van der Waals surface area contributed by atoms with Gasteiger partial charge < -0.3 is 14.6 Å². The molecule has 0 aliphatic heterocycles. The molecule has 0 saturated heterocycles. The Morgan fingerprint density at radius 1 is 1.15 bits per heavy atom. The number of amides is 1. The van der Waals surface area contributed by atoms with Gasteiger partial charge in [-0.2, -0.15) is 4.98 Å². The first-order chi connectivity index (χ1) is 12.5. The molecule has 2 aromatic carbocycles. The molecule has 7 nitrogen and oxygen atoms in total. The third kappa shape index (κ3) is 4.32. The van der Waals surface area contributed by atoms with Gasteiger partial charge in [0.2, 0.25) is 0 Å². The number of ether oxygens (including phenoxy) is 1. The molecular weight excluding hydrogens is 334 g/mol. The van der Waals surface area contributed by atoms with Crippen molar-refractivity contribution in [2.75, 3.05) is 11.9 Å². The summed E-state index contributed by atoms with van der Waals surface area (Å²) in [5, 5.41) is 6.46. The molecule has 0 spiro atoms. The highest BCUT2D eigenvalue weighted by Gasteiger charge is 2.09. The van der Waals surface area contributed by atoms with E-state index in [-0.39, 0.29) is 18.3 Å². The van der Waals surface area contributed by atoms with Crippen molar-refractivity contribution < 1.29 is 18.8 Å². The predicted molar refractivity (Wildman–Crippen MR) is 95.0 cm³/mol. The van der Waals surface area contributed by atoms with Gasteiger partial charge >= 0.3 is 0 Å². The molecule has 26 heavy (non-hydrogen) atoms. The lowest BCUT2D eigenvalue weighted by molar-refractivity contribution is -0.118. The molecule has 0 bridgehead atoms. The lowest BCUT2D eigenvalue weighted by Gasteiger charge is -2.08. The van der Waals surface area contributed by atoms with E-state index in [0.717, 1.165) is 0 Å². The summed E-state index contributed by atoms with van der Waals surface area (Å²) in [7, 11) is 0. The second-order valence-corrected chi connectivity index (χ2v) is 5.64. The van der Waals surface area contributed by atoms with Crippen molar-refractivity contribution in [3.05, 3.63) is 59.9 Å². The van der Waals surface area contributed by atoms with E-state index in [1.165, 1.54) is 6.92 Å². The van der Waals surface area contributed by atoms with Gasteiger partial charge in [0.15, 0.2) is 18.2 Å². The van der Waals surface area contributed by atoms with Crippen LogP contribution in [0.15, 0.2) is 53.1 Å². The summed E-state index contributed by atoms with van der Waals surface area (Å²) in [6.45, 7) is 3.08. The van der Waals surface area contributed by atoms with Gasteiger partial charge in [0.25, 0.3) is 11.8 Å². The monoisotopic (exact) mass is 351 g/mol. The largest absolute Gasteiger partial charge is 0.484 e. The van der Waals surface area contributed by atoms with Crippen LogP contribution in [0.25, 0.3) is 11.5 Å². The molecule has 0 aliphatic carbocycles. The molecule has 1 amide bonds. The van der Waals surface area contributed by atoms with Gasteiger partial charge in [0.05, 0.1) is 0 Å². The summed E-state index contributed by atoms with van der Waals surface area (Å²) in [6.07, 6.45) is 0. The van der Waals surface area contributed by atoms with Crippen LogP contribution in [0.3, 0.4) is 0 Å². The van der Waals surface area contributed by atoms with Gasteiger partial charge in [-0.15, -0.1) is 0 Å². The molecule has 3 aromatic rings. The van der Waals surface area contributed by atoms with Gasteiger partial charge in [-0.1, -0.05) is 11.2 Å². The Morgan fingerprint density at radius 2 is 1.92 bits per heavy atom. The molecule has 1 heterocycles. The molecule has 0 atom stereocenters. The number of ketones is 1. The molecule has 0 aliphatic rings. The summed E-state index contributed by atoms with van der Waals surface area (Å²) < 4.78 is 10.6. The number of benzene rings is 2. The zero-order valence-electron chi connectivity index (χ0n) is 14.4. The van der Waals surface area contributed by atoms with Gasteiger partial charge in [0, 0.05) is 16.8 Å². The third-order valence-corrected chi connectivity index (χ3v) is 3.55. The van der Waals surface area contributed by atoms with Crippen molar-refractivity contribution in [2.45, 2.75) is 13.8 Å².